The van der Waals surface area contributed by atoms with Crippen molar-refractivity contribution in [2.75, 3.05) is 6.54 Å². The maximum atomic E-state index is 5.96. The summed E-state index contributed by atoms with van der Waals surface area (Å²) in [6, 6.07) is 14.4. The second-order valence-electron chi connectivity index (χ2n) is 5.27. The summed E-state index contributed by atoms with van der Waals surface area (Å²) in [5, 5.41) is 4.49. The number of aryl methyl sites for hydroxylation is 1. The first kappa shape index (κ1) is 13.8. The number of fused-ring (bicyclic) bond motifs is 1. The van der Waals surface area contributed by atoms with E-state index in [9.17, 15) is 0 Å². The molecule has 0 saturated carbocycles. The lowest BCUT2D eigenvalue weighted by molar-refractivity contribution is 0.494. The molecule has 3 aromatic rings. The van der Waals surface area contributed by atoms with E-state index in [4.69, 9.17) is 4.42 Å². The van der Waals surface area contributed by atoms with Gasteiger partial charge in [-0.05, 0) is 44.2 Å². The molecule has 3 heteroatoms. The van der Waals surface area contributed by atoms with E-state index in [1.807, 2.05) is 31.2 Å². The topological polar surface area (TPSA) is 38.1 Å². The monoisotopic (exact) mass is 280 g/mol. The molecule has 1 aromatic carbocycles. The number of furan rings is 1. The SMILES string of the molecule is CCCNCc1ccc(-c2cccc3ccc(C)nc23)o1. The summed E-state index contributed by atoms with van der Waals surface area (Å²) in [6.45, 7) is 5.94. The van der Waals surface area contributed by atoms with Gasteiger partial charge in [0.1, 0.15) is 11.5 Å². The highest BCUT2D eigenvalue weighted by atomic mass is 16.3. The highest BCUT2D eigenvalue weighted by molar-refractivity contribution is 5.92. The molecule has 2 aromatic heterocycles. The zero-order valence-electron chi connectivity index (χ0n) is 12.5. The smallest absolute Gasteiger partial charge is 0.136 e. The van der Waals surface area contributed by atoms with Crippen molar-refractivity contribution < 1.29 is 4.42 Å². The van der Waals surface area contributed by atoms with E-state index in [0.29, 0.717) is 0 Å². The Bertz CT molecular complexity index is 746. The van der Waals surface area contributed by atoms with E-state index in [-0.39, 0.29) is 0 Å². The van der Waals surface area contributed by atoms with Crippen molar-refractivity contribution in [2.24, 2.45) is 0 Å². The Labute approximate surface area is 125 Å². The first-order chi connectivity index (χ1) is 10.3. The Morgan fingerprint density at radius 1 is 1.10 bits per heavy atom. The van der Waals surface area contributed by atoms with Crippen LogP contribution in [0.1, 0.15) is 24.8 Å². The molecule has 1 N–H and O–H groups in total. The summed E-state index contributed by atoms with van der Waals surface area (Å²) in [5.74, 6) is 1.84. The number of para-hydroxylation sites is 1. The van der Waals surface area contributed by atoms with Crippen molar-refractivity contribution in [2.45, 2.75) is 26.8 Å². The van der Waals surface area contributed by atoms with E-state index >= 15 is 0 Å². The fourth-order valence-corrected chi connectivity index (χ4v) is 2.45. The number of benzene rings is 1. The number of hydrogen-bond donors (Lipinski definition) is 1. The molecule has 3 rings (SSSR count). The first-order valence-electron chi connectivity index (χ1n) is 7.44. The molecule has 0 atom stereocenters. The Kier molecular flexibility index (Phi) is 4.02. The Balaban J connectivity index is 1.95. The minimum absolute atomic E-state index is 0.769. The van der Waals surface area contributed by atoms with Gasteiger partial charge in [-0.15, -0.1) is 0 Å². The molecule has 0 aliphatic heterocycles. The molecule has 0 unspecified atom stereocenters. The quantitative estimate of drug-likeness (QED) is 0.708. The lowest BCUT2D eigenvalue weighted by Crippen LogP contribution is -2.12. The van der Waals surface area contributed by atoms with E-state index in [2.05, 4.69) is 35.4 Å². The minimum Gasteiger partial charge on any atom is -0.460 e. The summed E-state index contributed by atoms with van der Waals surface area (Å²) >= 11 is 0. The summed E-state index contributed by atoms with van der Waals surface area (Å²) in [6.07, 6.45) is 1.13. The first-order valence-corrected chi connectivity index (χ1v) is 7.44. The molecule has 21 heavy (non-hydrogen) atoms. The van der Waals surface area contributed by atoms with Crippen molar-refractivity contribution in [1.82, 2.24) is 10.3 Å². The fraction of sp³-hybridized carbons (Fsp3) is 0.278. The summed E-state index contributed by atoms with van der Waals surface area (Å²) in [4.78, 5) is 4.66. The van der Waals surface area contributed by atoms with E-state index in [0.717, 1.165) is 53.2 Å². The van der Waals surface area contributed by atoms with Crippen LogP contribution in [0.15, 0.2) is 46.9 Å². The molecule has 108 valence electrons. The summed E-state index contributed by atoms with van der Waals surface area (Å²) < 4.78 is 5.96. The van der Waals surface area contributed by atoms with Gasteiger partial charge in [-0.25, -0.2) is 0 Å². The van der Waals surface area contributed by atoms with Crippen molar-refractivity contribution in [3.8, 4) is 11.3 Å². The molecule has 2 heterocycles. The maximum Gasteiger partial charge on any atom is 0.136 e. The highest BCUT2D eigenvalue weighted by Crippen LogP contribution is 2.29. The molecule has 0 amide bonds. The number of pyridine rings is 1. The highest BCUT2D eigenvalue weighted by Gasteiger charge is 2.09. The predicted molar refractivity (Wildman–Crippen MR) is 86.2 cm³/mol. The van der Waals surface area contributed by atoms with Gasteiger partial charge in [0, 0.05) is 16.6 Å². The second-order valence-corrected chi connectivity index (χ2v) is 5.27. The van der Waals surface area contributed by atoms with Crippen LogP contribution in [0, 0.1) is 6.92 Å². The lowest BCUT2D eigenvalue weighted by atomic mass is 10.1. The summed E-state index contributed by atoms with van der Waals surface area (Å²) in [7, 11) is 0. The largest absolute Gasteiger partial charge is 0.460 e. The number of nitrogens with zero attached hydrogens (tertiary/aromatic N) is 1. The fourth-order valence-electron chi connectivity index (χ4n) is 2.45. The van der Waals surface area contributed by atoms with Crippen LogP contribution in [0.5, 0.6) is 0 Å². The van der Waals surface area contributed by atoms with Gasteiger partial charge in [0.15, 0.2) is 0 Å². The van der Waals surface area contributed by atoms with Crippen molar-refractivity contribution >= 4 is 10.9 Å². The van der Waals surface area contributed by atoms with Crippen LogP contribution >= 0.6 is 0 Å². The van der Waals surface area contributed by atoms with Crippen LogP contribution < -0.4 is 5.32 Å². The molecule has 0 bridgehead atoms. The third-order valence-electron chi connectivity index (χ3n) is 3.51. The van der Waals surface area contributed by atoms with Crippen LogP contribution in [0.25, 0.3) is 22.2 Å². The lowest BCUT2D eigenvalue weighted by Gasteiger charge is -2.04. The van der Waals surface area contributed by atoms with E-state index in [1.165, 1.54) is 0 Å². The van der Waals surface area contributed by atoms with Gasteiger partial charge in [-0.1, -0.05) is 25.1 Å². The standard InChI is InChI=1S/C18H20N2O/c1-3-11-19-12-15-9-10-17(21-15)16-6-4-5-14-8-7-13(2)20-18(14)16/h4-10,19H,3,11-12H2,1-2H3. The molecular weight excluding hydrogens is 260 g/mol. The Hall–Kier alpha value is -2.13. The number of nitrogens with one attached hydrogen (secondary N) is 1. The van der Waals surface area contributed by atoms with Crippen LogP contribution in [0.2, 0.25) is 0 Å². The van der Waals surface area contributed by atoms with Crippen LogP contribution in [0.4, 0.5) is 0 Å². The maximum absolute atomic E-state index is 5.96. The van der Waals surface area contributed by atoms with Gasteiger partial charge in [0.25, 0.3) is 0 Å². The van der Waals surface area contributed by atoms with Crippen molar-refractivity contribution in [1.29, 1.82) is 0 Å². The zero-order valence-corrected chi connectivity index (χ0v) is 12.5. The van der Waals surface area contributed by atoms with Crippen LogP contribution in [0.3, 0.4) is 0 Å². The molecule has 0 spiro atoms. The van der Waals surface area contributed by atoms with Gasteiger partial charge < -0.3 is 9.73 Å². The van der Waals surface area contributed by atoms with Gasteiger partial charge in [-0.3, -0.25) is 4.98 Å². The van der Waals surface area contributed by atoms with Crippen LogP contribution in [-0.2, 0) is 6.54 Å². The van der Waals surface area contributed by atoms with Crippen LogP contribution in [-0.4, -0.2) is 11.5 Å². The number of rotatable bonds is 5. The van der Waals surface area contributed by atoms with E-state index < -0.39 is 0 Å². The summed E-state index contributed by atoms with van der Waals surface area (Å²) in [5.41, 5.74) is 3.07. The van der Waals surface area contributed by atoms with Gasteiger partial charge in [0.05, 0.1) is 12.1 Å². The molecule has 0 aliphatic carbocycles. The third-order valence-corrected chi connectivity index (χ3v) is 3.51. The molecule has 0 fully saturated rings. The number of hydrogen-bond acceptors (Lipinski definition) is 3. The van der Waals surface area contributed by atoms with Gasteiger partial charge >= 0.3 is 0 Å². The Morgan fingerprint density at radius 3 is 2.86 bits per heavy atom. The van der Waals surface area contributed by atoms with Crippen molar-refractivity contribution in [3.63, 3.8) is 0 Å². The predicted octanol–water partition coefficient (Wildman–Crippen LogP) is 4.30. The molecule has 0 saturated heterocycles. The molecule has 0 radical (unpaired) electrons. The van der Waals surface area contributed by atoms with Crippen molar-refractivity contribution in [3.05, 3.63) is 53.9 Å². The average Bonchev–Trinajstić information content (AvgIpc) is 2.95. The normalized spacial score (nSPS) is 11.1. The van der Waals surface area contributed by atoms with Gasteiger partial charge in [0.2, 0.25) is 0 Å². The zero-order chi connectivity index (χ0) is 14.7. The number of aromatic nitrogens is 1. The molecule has 0 aliphatic rings. The molecular formula is C18H20N2O. The van der Waals surface area contributed by atoms with Gasteiger partial charge in [-0.2, -0.15) is 0 Å². The Morgan fingerprint density at radius 2 is 2.00 bits per heavy atom. The van der Waals surface area contributed by atoms with E-state index in [1.54, 1.807) is 0 Å². The molecule has 3 nitrogen and oxygen atoms in total. The average molecular weight is 280 g/mol. The minimum atomic E-state index is 0.769. The second kappa shape index (κ2) is 6.10. The third kappa shape index (κ3) is 2.98.